The Labute approximate surface area is 117 Å². The Hall–Kier alpha value is -2.53. The lowest BCUT2D eigenvalue weighted by atomic mass is 10.2. The van der Waals surface area contributed by atoms with E-state index in [0.717, 1.165) is 20.8 Å². The third-order valence-electron chi connectivity index (χ3n) is 3.18. The van der Waals surface area contributed by atoms with Crippen LogP contribution in [0.5, 0.6) is 0 Å². The van der Waals surface area contributed by atoms with Gasteiger partial charge in [0.15, 0.2) is 0 Å². The molecule has 2 aromatic heterocycles. The fraction of sp³-hybridized carbons (Fsp3) is 0. The van der Waals surface area contributed by atoms with E-state index < -0.39 is 0 Å². The van der Waals surface area contributed by atoms with Crippen molar-refractivity contribution in [2.24, 2.45) is 0 Å². The Kier molecular flexibility index (Phi) is 2.40. The van der Waals surface area contributed by atoms with Crippen LogP contribution in [0.4, 0.5) is 0 Å². The summed E-state index contributed by atoms with van der Waals surface area (Å²) >= 11 is 1.52. The average Bonchev–Trinajstić information content (AvgIpc) is 2.92. The molecule has 5 heteroatoms. The van der Waals surface area contributed by atoms with E-state index in [-0.39, 0.29) is 5.56 Å². The van der Waals surface area contributed by atoms with Gasteiger partial charge in [0.05, 0.1) is 27.4 Å². The third kappa shape index (κ3) is 1.64. The molecule has 0 amide bonds. The van der Waals surface area contributed by atoms with Gasteiger partial charge >= 0.3 is 0 Å². The molecule has 2 heterocycles. The molecule has 1 N–H and O–H groups in total. The van der Waals surface area contributed by atoms with E-state index in [1.807, 2.05) is 42.5 Å². The molecule has 0 saturated carbocycles. The summed E-state index contributed by atoms with van der Waals surface area (Å²) in [7, 11) is 0. The molecule has 4 aromatic rings. The highest BCUT2D eigenvalue weighted by molar-refractivity contribution is 7.22. The van der Waals surface area contributed by atoms with Crippen LogP contribution in [-0.2, 0) is 0 Å². The Balaban J connectivity index is 2.10. The molecule has 0 bridgehead atoms. The quantitative estimate of drug-likeness (QED) is 0.582. The van der Waals surface area contributed by atoms with Gasteiger partial charge in [-0.1, -0.05) is 30.3 Å². The van der Waals surface area contributed by atoms with Crippen LogP contribution in [0.2, 0.25) is 0 Å². The van der Waals surface area contributed by atoms with Gasteiger partial charge in [-0.2, -0.15) is 0 Å². The summed E-state index contributed by atoms with van der Waals surface area (Å²) in [5.74, 6) is 0. The third-order valence-corrected chi connectivity index (χ3v) is 4.32. The monoisotopic (exact) mass is 279 g/mol. The second-order valence-corrected chi connectivity index (χ2v) is 5.42. The number of benzene rings is 2. The summed E-state index contributed by atoms with van der Waals surface area (Å²) in [6.07, 6.45) is 1.43. The number of aromatic nitrogens is 3. The van der Waals surface area contributed by atoms with Gasteiger partial charge in [0.1, 0.15) is 5.01 Å². The minimum Gasteiger partial charge on any atom is -0.313 e. The second-order valence-electron chi connectivity index (χ2n) is 4.42. The lowest BCUT2D eigenvalue weighted by Gasteiger charge is -1.95. The Morgan fingerprint density at radius 3 is 2.65 bits per heavy atom. The number of H-pyrrole nitrogens is 1. The number of fused-ring (bicyclic) bond motifs is 3. The van der Waals surface area contributed by atoms with E-state index in [0.29, 0.717) is 10.9 Å². The van der Waals surface area contributed by atoms with Crippen LogP contribution in [0, 0.1) is 0 Å². The van der Waals surface area contributed by atoms with Crippen molar-refractivity contribution in [3.05, 3.63) is 59.1 Å². The molecule has 20 heavy (non-hydrogen) atoms. The molecule has 2 aromatic carbocycles. The molecule has 0 aliphatic carbocycles. The van der Waals surface area contributed by atoms with E-state index in [9.17, 15) is 4.79 Å². The Morgan fingerprint density at radius 2 is 1.80 bits per heavy atom. The predicted octanol–water partition coefficient (Wildman–Crippen LogP) is 3.20. The number of nitrogens with zero attached hydrogens (tertiary/aromatic N) is 2. The van der Waals surface area contributed by atoms with Gasteiger partial charge in [0.25, 0.3) is 5.56 Å². The molecule has 0 radical (unpaired) electrons. The topological polar surface area (TPSA) is 58.6 Å². The van der Waals surface area contributed by atoms with Gasteiger partial charge in [0.2, 0.25) is 0 Å². The molecule has 4 rings (SSSR count). The fourth-order valence-electron chi connectivity index (χ4n) is 2.25. The van der Waals surface area contributed by atoms with Crippen molar-refractivity contribution in [2.75, 3.05) is 0 Å². The predicted molar refractivity (Wildman–Crippen MR) is 81.0 cm³/mol. The lowest BCUT2D eigenvalue weighted by molar-refractivity contribution is 1.18. The molecule has 0 unspecified atom stereocenters. The van der Waals surface area contributed by atoms with Gasteiger partial charge in [-0.15, -0.1) is 11.3 Å². The van der Waals surface area contributed by atoms with Gasteiger partial charge < -0.3 is 4.98 Å². The first kappa shape index (κ1) is 11.3. The van der Waals surface area contributed by atoms with Crippen molar-refractivity contribution in [2.45, 2.75) is 0 Å². The van der Waals surface area contributed by atoms with Crippen molar-refractivity contribution in [1.29, 1.82) is 0 Å². The average molecular weight is 279 g/mol. The van der Waals surface area contributed by atoms with Gasteiger partial charge in [-0.25, -0.2) is 9.97 Å². The van der Waals surface area contributed by atoms with Gasteiger partial charge in [-0.3, -0.25) is 4.79 Å². The van der Waals surface area contributed by atoms with Crippen LogP contribution >= 0.6 is 11.3 Å². The minimum absolute atomic E-state index is 0.121. The van der Waals surface area contributed by atoms with E-state index in [4.69, 9.17) is 0 Å². The zero-order chi connectivity index (χ0) is 13.5. The summed E-state index contributed by atoms with van der Waals surface area (Å²) < 4.78 is 0.885. The lowest BCUT2D eigenvalue weighted by Crippen LogP contribution is -2.05. The van der Waals surface area contributed by atoms with Crippen LogP contribution in [0.25, 0.3) is 31.7 Å². The SMILES string of the molecule is O=c1[nH]cnc2ccc3nc(-c4ccccc4)sc3c12. The molecular weight excluding hydrogens is 270 g/mol. The van der Waals surface area contributed by atoms with E-state index in [1.165, 1.54) is 17.7 Å². The van der Waals surface area contributed by atoms with Crippen molar-refractivity contribution in [3.63, 3.8) is 0 Å². The number of aromatic amines is 1. The highest BCUT2D eigenvalue weighted by atomic mass is 32.1. The highest BCUT2D eigenvalue weighted by Gasteiger charge is 2.11. The first-order valence-corrected chi connectivity index (χ1v) is 6.97. The first-order chi connectivity index (χ1) is 9.83. The van der Waals surface area contributed by atoms with Crippen LogP contribution in [0.1, 0.15) is 0 Å². The summed E-state index contributed by atoms with van der Waals surface area (Å²) in [5, 5.41) is 1.53. The number of nitrogens with one attached hydrogen (secondary N) is 1. The maximum Gasteiger partial charge on any atom is 0.260 e. The van der Waals surface area contributed by atoms with Crippen molar-refractivity contribution >= 4 is 32.5 Å². The van der Waals surface area contributed by atoms with E-state index in [2.05, 4.69) is 15.0 Å². The molecular formula is C15H9N3OS. The number of rotatable bonds is 1. The molecule has 96 valence electrons. The zero-order valence-corrected chi connectivity index (χ0v) is 11.1. The maximum absolute atomic E-state index is 12.0. The summed E-state index contributed by atoms with van der Waals surface area (Å²) in [6, 6.07) is 13.7. The minimum atomic E-state index is -0.121. The highest BCUT2D eigenvalue weighted by Crippen LogP contribution is 2.32. The second kappa shape index (κ2) is 4.25. The molecule has 0 atom stereocenters. The van der Waals surface area contributed by atoms with E-state index >= 15 is 0 Å². The number of thiazole rings is 1. The fourth-order valence-corrected chi connectivity index (χ4v) is 3.35. The Bertz CT molecular complexity index is 973. The van der Waals surface area contributed by atoms with Crippen molar-refractivity contribution < 1.29 is 0 Å². The summed E-state index contributed by atoms with van der Waals surface area (Å²) in [5.41, 5.74) is 2.47. The molecule has 0 spiro atoms. The van der Waals surface area contributed by atoms with Gasteiger partial charge in [-0.05, 0) is 12.1 Å². The first-order valence-electron chi connectivity index (χ1n) is 6.15. The molecule has 0 saturated heterocycles. The Morgan fingerprint density at radius 1 is 1.00 bits per heavy atom. The summed E-state index contributed by atoms with van der Waals surface area (Å²) in [4.78, 5) is 23.5. The standard InChI is InChI=1S/C15H9N3OS/c19-14-12-10(16-8-17-14)6-7-11-13(12)20-15(18-11)9-4-2-1-3-5-9/h1-8H,(H,16,17,19). The van der Waals surface area contributed by atoms with Crippen LogP contribution in [0.3, 0.4) is 0 Å². The summed E-state index contributed by atoms with van der Waals surface area (Å²) in [6.45, 7) is 0. The van der Waals surface area contributed by atoms with Crippen LogP contribution in [0.15, 0.2) is 53.6 Å². The van der Waals surface area contributed by atoms with Crippen LogP contribution in [-0.4, -0.2) is 15.0 Å². The maximum atomic E-state index is 12.0. The molecule has 4 nitrogen and oxygen atoms in total. The van der Waals surface area contributed by atoms with Crippen molar-refractivity contribution in [3.8, 4) is 10.6 Å². The zero-order valence-electron chi connectivity index (χ0n) is 10.3. The molecule has 0 aliphatic heterocycles. The normalized spacial score (nSPS) is 11.2. The largest absolute Gasteiger partial charge is 0.313 e. The number of hydrogen-bond acceptors (Lipinski definition) is 4. The van der Waals surface area contributed by atoms with Crippen LogP contribution < -0.4 is 5.56 Å². The smallest absolute Gasteiger partial charge is 0.260 e. The molecule has 0 fully saturated rings. The molecule has 0 aliphatic rings. The number of hydrogen-bond donors (Lipinski definition) is 1. The van der Waals surface area contributed by atoms with Crippen molar-refractivity contribution in [1.82, 2.24) is 15.0 Å². The van der Waals surface area contributed by atoms with E-state index in [1.54, 1.807) is 0 Å². The van der Waals surface area contributed by atoms with Gasteiger partial charge in [0, 0.05) is 5.56 Å².